The summed E-state index contributed by atoms with van der Waals surface area (Å²) in [6.45, 7) is 4.55. The predicted octanol–water partition coefficient (Wildman–Crippen LogP) is 2.34. The van der Waals surface area contributed by atoms with E-state index in [2.05, 4.69) is 13.8 Å². The summed E-state index contributed by atoms with van der Waals surface area (Å²) < 4.78 is 9.55. The molecular formula is C6H14NaO2P. The van der Waals surface area contributed by atoms with Crippen molar-refractivity contribution in [2.24, 2.45) is 0 Å². The van der Waals surface area contributed by atoms with Gasteiger partial charge in [0.15, 0.2) is 0 Å². The molecule has 0 fully saturated rings. The second kappa shape index (κ2) is 12.7. The molecule has 0 bridgehead atoms. The zero-order valence-electron chi connectivity index (χ0n) is 7.00. The Morgan fingerprint density at radius 2 is 2.00 bits per heavy atom. The van der Waals surface area contributed by atoms with Crippen LogP contribution < -0.4 is 0 Å². The van der Waals surface area contributed by atoms with E-state index in [1.807, 2.05) is 0 Å². The average Bonchev–Trinajstić information content (AvgIpc) is 1.90. The fraction of sp³-hybridized carbons (Fsp3) is 1.00. The molecule has 0 spiro atoms. The first-order valence-corrected chi connectivity index (χ1v) is 5.61. The van der Waals surface area contributed by atoms with Gasteiger partial charge < -0.3 is 4.89 Å². The van der Waals surface area contributed by atoms with E-state index < -0.39 is 8.69 Å². The SMILES string of the molecule is CCC[CH]([Na])CC.O=PO. The van der Waals surface area contributed by atoms with Crippen molar-refractivity contribution in [3.63, 3.8) is 0 Å². The molecule has 2 nitrogen and oxygen atoms in total. The quantitative estimate of drug-likeness (QED) is 0.524. The third-order valence-corrected chi connectivity index (χ3v) is 2.87. The maximum Gasteiger partial charge on any atom is 0.324 e. The molecule has 4 heteroatoms. The van der Waals surface area contributed by atoms with Crippen LogP contribution in [0.1, 0.15) is 33.1 Å². The maximum absolute atomic E-state index is 8.46. The Labute approximate surface area is 82.1 Å². The van der Waals surface area contributed by atoms with E-state index in [0.29, 0.717) is 0 Å². The topological polar surface area (TPSA) is 37.3 Å². The van der Waals surface area contributed by atoms with E-state index in [1.165, 1.54) is 47.2 Å². The second-order valence-electron chi connectivity index (χ2n) is 2.38. The van der Waals surface area contributed by atoms with Crippen molar-refractivity contribution in [3.8, 4) is 0 Å². The second-order valence-corrected chi connectivity index (χ2v) is 4.18. The normalized spacial score (nSPS) is 12.1. The van der Waals surface area contributed by atoms with Gasteiger partial charge in [-0.25, -0.2) is 4.57 Å². The molecule has 0 aromatic heterocycles. The van der Waals surface area contributed by atoms with Gasteiger partial charge in [0.25, 0.3) is 0 Å². The smallest absolute Gasteiger partial charge is 0.310 e. The molecule has 0 rings (SSSR count). The van der Waals surface area contributed by atoms with Crippen molar-refractivity contribution in [2.75, 3.05) is 0 Å². The van der Waals surface area contributed by atoms with Gasteiger partial charge in [-0.05, 0) is 0 Å². The Bertz CT molecular complexity index is 70.8. The van der Waals surface area contributed by atoms with Crippen LogP contribution in [0, 0.1) is 0 Å². The van der Waals surface area contributed by atoms with Crippen LogP contribution in [-0.4, -0.2) is 32.8 Å². The molecule has 0 aromatic rings. The summed E-state index contributed by atoms with van der Waals surface area (Å²) in [5.74, 6) is 0. The van der Waals surface area contributed by atoms with E-state index >= 15 is 0 Å². The van der Waals surface area contributed by atoms with Crippen molar-refractivity contribution in [1.82, 2.24) is 0 Å². The van der Waals surface area contributed by atoms with Gasteiger partial charge in [0, 0.05) is 0 Å². The summed E-state index contributed by atoms with van der Waals surface area (Å²) in [5, 5.41) is 0. The number of rotatable bonds is 3. The molecule has 0 heterocycles. The molecule has 0 saturated carbocycles. The van der Waals surface area contributed by atoms with Gasteiger partial charge >= 0.3 is 72.9 Å². The van der Waals surface area contributed by atoms with Gasteiger partial charge in [-0.15, -0.1) is 0 Å². The molecule has 0 radical (unpaired) electrons. The molecule has 0 saturated heterocycles. The standard InChI is InChI=1S/C6H13.Na.HO2P/c1-3-5-6-4-2;;1-3-2/h5H,3-4,6H2,1-2H3;;(H,1,2). The van der Waals surface area contributed by atoms with Crippen LogP contribution in [0.5, 0.6) is 0 Å². The van der Waals surface area contributed by atoms with Crippen molar-refractivity contribution in [3.05, 3.63) is 0 Å². The summed E-state index contributed by atoms with van der Waals surface area (Å²) in [7, 11) is -0.833. The number of hydrogen-bond acceptors (Lipinski definition) is 1. The zero-order chi connectivity index (χ0) is 8.41. The third-order valence-electron chi connectivity index (χ3n) is 1.48. The monoisotopic (exact) mass is 172 g/mol. The summed E-state index contributed by atoms with van der Waals surface area (Å²) in [6, 6.07) is 0. The van der Waals surface area contributed by atoms with Crippen molar-refractivity contribution >= 4 is 36.6 Å². The van der Waals surface area contributed by atoms with Crippen LogP contribution >= 0.6 is 8.69 Å². The Kier molecular flexibility index (Phi) is 17.3. The Morgan fingerprint density at radius 1 is 1.60 bits per heavy atom. The summed E-state index contributed by atoms with van der Waals surface area (Å²) >= 11 is 1.40. The molecule has 56 valence electrons. The van der Waals surface area contributed by atoms with Gasteiger partial charge in [-0.3, -0.25) is 0 Å². The van der Waals surface area contributed by atoms with Crippen molar-refractivity contribution in [2.45, 2.75) is 36.3 Å². The molecule has 0 aromatic carbocycles. The van der Waals surface area contributed by atoms with Gasteiger partial charge in [0.1, 0.15) is 0 Å². The van der Waals surface area contributed by atoms with Crippen LogP contribution in [-0.2, 0) is 4.57 Å². The van der Waals surface area contributed by atoms with Gasteiger partial charge in [0.2, 0.25) is 0 Å². The molecule has 0 aliphatic rings. The minimum Gasteiger partial charge on any atom is -0.310 e. The molecule has 1 unspecified atom stereocenters. The first-order valence-electron chi connectivity index (χ1n) is 3.69. The molecule has 1 atom stereocenters. The van der Waals surface area contributed by atoms with Crippen LogP contribution in [0.2, 0.25) is 3.17 Å². The van der Waals surface area contributed by atoms with Crippen molar-refractivity contribution < 1.29 is 9.46 Å². The first kappa shape index (κ1) is 13.6. The van der Waals surface area contributed by atoms with Crippen LogP contribution in [0.3, 0.4) is 0 Å². The average molecular weight is 172 g/mol. The summed E-state index contributed by atoms with van der Waals surface area (Å²) in [4.78, 5) is 6.99. The van der Waals surface area contributed by atoms with E-state index in [0.717, 1.165) is 3.17 Å². The van der Waals surface area contributed by atoms with Gasteiger partial charge in [0.05, 0.1) is 0 Å². The van der Waals surface area contributed by atoms with Crippen LogP contribution in [0.4, 0.5) is 0 Å². The number of hydrogen-bond donors (Lipinski definition) is 1. The van der Waals surface area contributed by atoms with Gasteiger partial charge in [-0.1, -0.05) is 0 Å². The van der Waals surface area contributed by atoms with E-state index in [9.17, 15) is 0 Å². The van der Waals surface area contributed by atoms with E-state index in [4.69, 9.17) is 9.46 Å². The Balaban J connectivity index is 0. The maximum atomic E-state index is 8.46. The largest absolute Gasteiger partial charge is 0.324 e. The van der Waals surface area contributed by atoms with Crippen LogP contribution in [0.15, 0.2) is 0 Å². The molecular weight excluding hydrogens is 158 g/mol. The summed E-state index contributed by atoms with van der Waals surface area (Å²) in [6.07, 6.45) is 4.24. The zero-order valence-corrected chi connectivity index (χ0v) is 9.90. The molecule has 0 aliphatic heterocycles. The Hall–Kier alpha value is 1.06. The molecule has 1 N–H and O–H groups in total. The van der Waals surface area contributed by atoms with Gasteiger partial charge in [-0.2, -0.15) is 0 Å². The molecule has 0 amide bonds. The fourth-order valence-corrected chi connectivity index (χ4v) is 1.27. The predicted molar refractivity (Wildman–Crippen MR) is 44.5 cm³/mol. The van der Waals surface area contributed by atoms with Crippen molar-refractivity contribution in [1.29, 1.82) is 0 Å². The van der Waals surface area contributed by atoms with E-state index in [-0.39, 0.29) is 0 Å². The van der Waals surface area contributed by atoms with Crippen LogP contribution in [0.25, 0.3) is 0 Å². The molecule has 10 heavy (non-hydrogen) atoms. The third kappa shape index (κ3) is 16.0. The minimum absolute atomic E-state index is 0.833. The fourth-order valence-electron chi connectivity index (χ4n) is 0.697. The molecule has 0 aliphatic carbocycles. The minimum atomic E-state index is -0.833. The first-order chi connectivity index (χ1) is 4.72. The van der Waals surface area contributed by atoms with E-state index in [1.54, 1.807) is 0 Å². The Morgan fingerprint density at radius 3 is 2.10 bits per heavy atom. The summed E-state index contributed by atoms with van der Waals surface area (Å²) in [5.41, 5.74) is 0.